The van der Waals surface area contributed by atoms with E-state index in [1.54, 1.807) is 7.11 Å². The molecule has 0 amide bonds. The molecule has 1 aliphatic heterocycles. The molecule has 0 aliphatic carbocycles. The van der Waals surface area contributed by atoms with Crippen molar-refractivity contribution in [2.45, 2.75) is 19.4 Å². The lowest BCUT2D eigenvalue weighted by Crippen LogP contribution is -2.35. The summed E-state index contributed by atoms with van der Waals surface area (Å²) in [5, 5.41) is 12.7. The first kappa shape index (κ1) is 14.3. The third-order valence-electron chi connectivity index (χ3n) is 3.79. The molecular formula is C15H23NO3. The molecule has 1 aliphatic rings. The van der Waals surface area contributed by atoms with Gasteiger partial charge in [-0.25, -0.2) is 0 Å². The Labute approximate surface area is 114 Å². The molecular weight excluding hydrogens is 242 g/mol. The van der Waals surface area contributed by atoms with Gasteiger partial charge in [-0.15, -0.1) is 0 Å². The maximum atomic E-state index is 9.18. The number of ether oxygens (including phenoxy) is 2. The first-order chi connectivity index (χ1) is 9.28. The van der Waals surface area contributed by atoms with E-state index in [0.717, 1.165) is 44.9 Å². The zero-order chi connectivity index (χ0) is 13.6. The van der Waals surface area contributed by atoms with E-state index in [1.165, 1.54) is 5.56 Å². The summed E-state index contributed by atoms with van der Waals surface area (Å²) in [6.45, 7) is 3.47. The molecule has 19 heavy (non-hydrogen) atoms. The molecule has 2 rings (SSSR count). The molecule has 1 unspecified atom stereocenters. The van der Waals surface area contributed by atoms with Crippen LogP contribution in [-0.4, -0.2) is 38.6 Å². The van der Waals surface area contributed by atoms with Gasteiger partial charge >= 0.3 is 0 Å². The van der Waals surface area contributed by atoms with Gasteiger partial charge in [-0.2, -0.15) is 0 Å². The lowest BCUT2D eigenvalue weighted by atomic mass is 9.84. The number of aliphatic hydroxyl groups excluding tert-OH is 1. The highest BCUT2D eigenvalue weighted by Crippen LogP contribution is 2.31. The van der Waals surface area contributed by atoms with Gasteiger partial charge in [0.1, 0.15) is 5.75 Å². The highest BCUT2D eigenvalue weighted by molar-refractivity contribution is 5.28. The van der Waals surface area contributed by atoms with Crippen LogP contribution in [0.15, 0.2) is 24.3 Å². The van der Waals surface area contributed by atoms with Gasteiger partial charge < -0.3 is 19.9 Å². The molecule has 4 nitrogen and oxygen atoms in total. The van der Waals surface area contributed by atoms with Crippen molar-refractivity contribution in [2.75, 3.05) is 33.5 Å². The highest BCUT2D eigenvalue weighted by atomic mass is 16.5. The van der Waals surface area contributed by atoms with Crippen molar-refractivity contribution in [2.24, 2.45) is 5.41 Å². The minimum atomic E-state index is 0.105. The van der Waals surface area contributed by atoms with E-state index >= 15 is 0 Å². The van der Waals surface area contributed by atoms with Crippen molar-refractivity contribution in [1.29, 1.82) is 0 Å². The van der Waals surface area contributed by atoms with Gasteiger partial charge in [-0.05, 0) is 30.5 Å². The molecule has 0 spiro atoms. The third kappa shape index (κ3) is 3.93. The molecule has 2 N–H and O–H groups in total. The van der Waals surface area contributed by atoms with Crippen LogP contribution < -0.4 is 10.1 Å². The van der Waals surface area contributed by atoms with E-state index in [0.29, 0.717) is 0 Å². The average Bonchev–Trinajstić information content (AvgIpc) is 2.88. The highest BCUT2D eigenvalue weighted by Gasteiger charge is 2.33. The van der Waals surface area contributed by atoms with Crippen LogP contribution >= 0.6 is 0 Å². The van der Waals surface area contributed by atoms with E-state index in [-0.39, 0.29) is 12.0 Å². The van der Waals surface area contributed by atoms with Gasteiger partial charge in [-0.1, -0.05) is 12.1 Å². The smallest absolute Gasteiger partial charge is 0.119 e. The molecule has 1 heterocycles. The fourth-order valence-corrected chi connectivity index (χ4v) is 2.57. The predicted octanol–water partition coefficient (Wildman–Crippen LogP) is 1.57. The summed E-state index contributed by atoms with van der Waals surface area (Å²) in [7, 11) is 1.68. The second-order valence-electron chi connectivity index (χ2n) is 5.23. The normalized spacial score (nSPS) is 22.6. The summed E-state index contributed by atoms with van der Waals surface area (Å²) in [5.41, 5.74) is 1.31. The van der Waals surface area contributed by atoms with Crippen LogP contribution in [0.3, 0.4) is 0 Å². The first-order valence-corrected chi connectivity index (χ1v) is 6.80. The largest absolute Gasteiger partial charge is 0.497 e. The maximum absolute atomic E-state index is 9.18. The zero-order valence-corrected chi connectivity index (χ0v) is 11.5. The number of hydrogen-bond acceptors (Lipinski definition) is 4. The van der Waals surface area contributed by atoms with E-state index in [9.17, 15) is 5.11 Å². The summed E-state index contributed by atoms with van der Waals surface area (Å²) in [6.07, 6.45) is 1.83. The molecule has 1 aromatic carbocycles. The Morgan fingerprint density at radius 1 is 1.47 bits per heavy atom. The molecule has 1 fully saturated rings. The van der Waals surface area contributed by atoms with E-state index < -0.39 is 0 Å². The Hall–Kier alpha value is -1.10. The van der Waals surface area contributed by atoms with Gasteiger partial charge in [0.15, 0.2) is 0 Å². The lowest BCUT2D eigenvalue weighted by Gasteiger charge is -2.26. The number of aliphatic hydroxyl groups is 1. The summed E-state index contributed by atoms with van der Waals surface area (Å²) < 4.78 is 10.7. The van der Waals surface area contributed by atoms with Crippen LogP contribution in [-0.2, 0) is 11.3 Å². The van der Waals surface area contributed by atoms with Crippen LogP contribution in [0.25, 0.3) is 0 Å². The second-order valence-corrected chi connectivity index (χ2v) is 5.23. The molecule has 1 atom stereocenters. The van der Waals surface area contributed by atoms with Crippen molar-refractivity contribution >= 4 is 0 Å². The SMILES string of the molecule is COc1cccc(CNCC2(CCO)CCOC2)c1. The molecule has 0 radical (unpaired) electrons. The number of hydrogen-bond donors (Lipinski definition) is 2. The Morgan fingerprint density at radius 2 is 2.37 bits per heavy atom. The Balaban J connectivity index is 1.84. The fraction of sp³-hybridized carbons (Fsp3) is 0.600. The van der Waals surface area contributed by atoms with Gasteiger partial charge in [-0.3, -0.25) is 0 Å². The van der Waals surface area contributed by atoms with Gasteiger partial charge in [0, 0.05) is 31.7 Å². The quantitative estimate of drug-likeness (QED) is 0.786. The van der Waals surface area contributed by atoms with Crippen LogP contribution in [0.4, 0.5) is 0 Å². The van der Waals surface area contributed by atoms with Gasteiger partial charge in [0.05, 0.1) is 13.7 Å². The van der Waals surface area contributed by atoms with E-state index in [2.05, 4.69) is 11.4 Å². The standard InChI is InChI=1S/C15H23NO3/c1-18-14-4-2-3-13(9-14)10-16-11-15(5-7-17)6-8-19-12-15/h2-4,9,16-17H,5-8,10-12H2,1H3. The van der Waals surface area contributed by atoms with Crippen LogP contribution in [0, 0.1) is 5.41 Å². The second kappa shape index (κ2) is 6.89. The number of rotatable bonds is 7. The van der Waals surface area contributed by atoms with Gasteiger partial charge in [0.2, 0.25) is 0 Å². The van der Waals surface area contributed by atoms with Crippen molar-refractivity contribution in [3.63, 3.8) is 0 Å². The molecule has 106 valence electrons. The van der Waals surface area contributed by atoms with Crippen LogP contribution in [0.2, 0.25) is 0 Å². The molecule has 4 heteroatoms. The van der Waals surface area contributed by atoms with Crippen LogP contribution in [0.1, 0.15) is 18.4 Å². The topological polar surface area (TPSA) is 50.7 Å². The monoisotopic (exact) mass is 265 g/mol. The van der Waals surface area contributed by atoms with Crippen molar-refractivity contribution in [3.8, 4) is 5.75 Å². The number of nitrogens with one attached hydrogen (secondary N) is 1. The third-order valence-corrected chi connectivity index (χ3v) is 3.79. The minimum Gasteiger partial charge on any atom is -0.497 e. The molecule has 1 aromatic rings. The lowest BCUT2D eigenvalue weighted by molar-refractivity contribution is 0.124. The Morgan fingerprint density at radius 3 is 3.05 bits per heavy atom. The zero-order valence-electron chi connectivity index (χ0n) is 11.5. The number of methoxy groups -OCH3 is 1. The molecule has 1 saturated heterocycles. The minimum absolute atomic E-state index is 0.105. The van der Waals surface area contributed by atoms with Gasteiger partial charge in [0.25, 0.3) is 0 Å². The first-order valence-electron chi connectivity index (χ1n) is 6.80. The van der Waals surface area contributed by atoms with Crippen molar-refractivity contribution in [3.05, 3.63) is 29.8 Å². The predicted molar refractivity (Wildman–Crippen MR) is 74.3 cm³/mol. The van der Waals surface area contributed by atoms with E-state index in [4.69, 9.17) is 9.47 Å². The summed E-state index contributed by atoms with van der Waals surface area (Å²) in [5.74, 6) is 0.883. The Kier molecular flexibility index (Phi) is 5.19. The molecule has 0 saturated carbocycles. The number of benzene rings is 1. The molecule has 0 aromatic heterocycles. The van der Waals surface area contributed by atoms with Crippen molar-refractivity contribution in [1.82, 2.24) is 5.32 Å². The fourth-order valence-electron chi connectivity index (χ4n) is 2.57. The summed E-state index contributed by atoms with van der Waals surface area (Å²) in [6, 6.07) is 8.07. The van der Waals surface area contributed by atoms with Crippen molar-refractivity contribution < 1.29 is 14.6 Å². The maximum Gasteiger partial charge on any atom is 0.119 e. The van der Waals surface area contributed by atoms with Crippen LogP contribution in [0.5, 0.6) is 5.75 Å². The summed E-state index contributed by atoms with van der Waals surface area (Å²) in [4.78, 5) is 0. The Bertz CT molecular complexity index is 389. The average molecular weight is 265 g/mol. The van der Waals surface area contributed by atoms with E-state index in [1.807, 2.05) is 18.2 Å². The molecule has 0 bridgehead atoms. The summed E-state index contributed by atoms with van der Waals surface area (Å²) >= 11 is 0.